The predicted molar refractivity (Wildman–Crippen MR) is 169 cm³/mol. The molecule has 2 aromatic carbocycles. The molecule has 0 radical (unpaired) electrons. The van der Waals surface area contributed by atoms with Gasteiger partial charge in [-0.05, 0) is 50.5 Å². The van der Waals surface area contributed by atoms with Crippen LogP contribution in [0.3, 0.4) is 0 Å². The van der Waals surface area contributed by atoms with Gasteiger partial charge in [0.05, 0.1) is 4.90 Å². The van der Waals surface area contributed by atoms with E-state index < -0.39 is 20.4 Å². The Morgan fingerprint density at radius 2 is 1.08 bits per heavy atom. The zero-order chi connectivity index (χ0) is 27.8. The van der Waals surface area contributed by atoms with Gasteiger partial charge in [-0.3, -0.25) is 0 Å². The van der Waals surface area contributed by atoms with Crippen molar-refractivity contribution in [2.45, 2.75) is 144 Å². The first-order valence-corrected chi connectivity index (χ1v) is 19.1. The van der Waals surface area contributed by atoms with Gasteiger partial charge in [0.1, 0.15) is 0 Å². The molecule has 1 unspecified atom stereocenters. The molecule has 0 amide bonds. The Hall–Kier alpha value is -1.30. The highest BCUT2D eigenvalue weighted by molar-refractivity contribution is 8.33. The van der Waals surface area contributed by atoms with E-state index in [-0.39, 0.29) is 4.90 Å². The smallest absolute Gasteiger partial charge is 0.212 e. The minimum atomic E-state index is -3.82. The molecular formula is C34H54O3S2. The van der Waals surface area contributed by atoms with Crippen molar-refractivity contribution in [1.29, 1.82) is 0 Å². The molecule has 0 N–H and O–H groups in total. The molecule has 0 saturated heterocycles. The fraction of sp³-hybridized carbons (Fsp3) is 0.647. The Balaban J connectivity index is 1.40. The van der Waals surface area contributed by atoms with Crippen molar-refractivity contribution >= 4 is 20.4 Å². The maximum atomic E-state index is 13.4. The van der Waals surface area contributed by atoms with E-state index >= 15 is 0 Å². The van der Waals surface area contributed by atoms with E-state index in [0.29, 0.717) is 5.25 Å². The van der Waals surface area contributed by atoms with Crippen molar-refractivity contribution in [3.63, 3.8) is 0 Å². The molecule has 0 bridgehead atoms. The van der Waals surface area contributed by atoms with Gasteiger partial charge < -0.3 is 0 Å². The molecular weight excluding hydrogens is 521 g/mol. The summed E-state index contributed by atoms with van der Waals surface area (Å²) in [7, 11) is -5.73. The molecule has 0 aliphatic heterocycles. The van der Waals surface area contributed by atoms with Crippen LogP contribution in [-0.2, 0) is 13.7 Å². The monoisotopic (exact) mass is 574 g/mol. The maximum absolute atomic E-state index is 13.4. The van der Waals surface area contributed by atoms with E-state index in [0.717, 1.165) is 41.9 Å². The molecule has 2 aromatic rings. The van der Waals surface area contributed by atoms with Crippen molar-refractivity contribution in [3.05, 3.63) is 60.2 Å². The minimum Gasteiger partial charge on any atom is -0.212 e. The molecule has 5 heteroatoms. The van der Waals surface area contributed by atoms with Gasteiger partial charge in [0.25, 0.3) is 0 Å². The molecule has 0 aromatic heterocycles. The third-order valence-electron chi connectivity index (χ3n) is 8.03. The summed E-state index contributed by atoms with van der Waals surface area (Å²) in [5, 5.41) is 0.344. The summed E-state index contributed by atoms with van der Waals surface area (Å²) >= 11 is 0. The van der Waals surface area contributed by atoms with Crippen LogP contribution in [0.15, 0.2) is 64.4 Å². The van der Waals surface area contributed by atoms with Crippen LogP contribution < -0.4 is 0 Å². The lowest BCUT2D eigenvalue weighted by Gasteiger charge is -2.39. The normalized spacial score (nSPS) is 16.2. The third-order valence-corrected chi connectivity index (χ3v) is 14.1. The molecule has 1 saturated carbocycles. The van der Waals surface area contributed by atoms with Crippen molar-refractivity contribution in [2.24, 2.45) is 0 Å². The molecule has 1 fully saturated rings. The summed E-state index contributed by atoms with van der Waals surface area (Å²) < 4.78 is 33.2. The lowest BCUT2D eigenvalue weighted by atomic mass is 10.0. The fourth-order valence-electron chi connectivity index (χ4n) is 5.47. The lowest BCUT2D eigenvalue weighted by molar-refractivity contribution is 0.506. The fourth-order valence-corrected chi connectivity index (χ4v) is 11.7. The molecule has 39 heavy (non-hydrogen) atoms. The van der Waals surface area contributed by atoms with Crippen LogP contribution in [0.4, 0.5) is 0 Å². The highest BCUT2D eigenvalue weighted by atomic mass is 32.3. The largest absolute Gasteiger partial charge is 0.306 e. The van der Waals surface area contributed by atoms with Gasteiger partial charge in [-0.2, -0.15) is 8.42 Å². The minimum absolute atomic E-state index is 0.272. The van der Waals surface area contributed by atoms with Crippen LogP contribution in [0.1, 0.15) is 128 Å². The summed E-state index contributed by atoms with van der Waals surface area (Å²) in [4.78, 5) is 1.36. The van der Waals surface area contributed by atoms with E-state index in [2.05, 4.69) is 19.1 Å². The number of unbranched alkanes of at least 4 members (excludes halogenated alkanes) is 15. The summed E-state index contributed by atoms with van der Waals surface area (Å²) in [6, 6.07) is 17.3. The highest BCUT2D eigenvalue weighted by Gasteiger charge is 2.46. The SMILES string of the molecule is CCCCCCCCCCCCCCCCCCS(OS(=O)(=O)c1ccc(C)cc1)(c1ccccc1)C1CC1. The van der Waals surface area contributed by atoms with Crippen LogP contribution in [0.5, 0.6) is 0 Å². The van der Waals surface area contributed by atoms with Gasteiger partial charge in [-0.1, -0.05) is 149 Å². The van der Waals surface area contributed by atoms with E-state index in [1.54, 1.807) is 12.1 Å². The van der Waals surface area contributed by atoms with Crippen molar-refractivity contribution in [1.82, 2.24) is 0 Å². The van der Waals surface area contributed by atoms with Gasteiger partial charge in [-0.25, -0.2) is 3.63 Å². The number of aryl methyl sites for hydroxylation is 1. The highest BCUT2D eigenvalue weighted by Crippen LogP contribution is 2.69. The summed E-state index contributed by atoms with van der Waals surface area (Å²) in [6.45, 7) is 4.25. The molecule has 220 valence electrons. The summed E-state index contributed by atoms with van der Waals surface area (Å²) in [5.74, 6) is 0.839. The Kier molecular flexibility index (Phi) is 14.5. The second kappa shape index (κ2) is 17.5. The average molecular weight is 575 g/mol. The number of hydrogen-bond donors (Lipinski definition) is 0. The Bertz CT molecular complexity index is 1020. The van der Waals surface area contributed by atoms with Crippen molar-refractivity contribution in [2.75, 3.05) is 5.75 Å². The van der Waals surface area contributed by atoms with Gasteiger partial charge in [0.15, 0.2) is 0 Å². The number of rotatable bonds is 22. The van der Waals surface area contributed by atoms with Crippen LogP contribution in [0, 0.1) is 6.92 Å². The molecule has 1 aliphatic carbocycles. The first-order valence-electron chi connectivity index (χ1n) is 15.9. The second-order valence-corrected chi connectivity index (χ2v) is 16.5. The summed E-state index contributed by atoms with van der Waals surface area (Å²) in [5.41, 5.74) is 1.05. The van der Waals surface area contributed by atoms with Crippen LogP contribution >= 0.6 is 10.3 Å². The lowest BCUT2D eigenvalue weighted by Crippen LogP contribution is -2.19. The predicted octanol–water partition coefficient (Wildman–Crippen LogP) is 10.9. The molecule has 1 aliphatic rings. The van der Waals surface area contributed by atoms with E-state index in [1.165, 1.54) is 89.9 Å². The molecule has 0 heterocycles. The maximum Gasteiger partial charge on any atom is 0.306 e. The van der Waals surface area contributed by atoms with Crippen LogP contribution in [0.25, 0.3) is 0 Å². The quantitative estimate of drug-likeness (QED) is 0.131. The molecule has 3 nitrogen and oxygen atoms in total. The Morgan fingerprint density at radius 1 is 0.615 bits per heavy atom. The number of hydrogen-bond acceptors (Lipinski definition) is 3. The zero-order valence-electron chi connectivity index (χ0n) is 24.7. The molecule has 3 rings (SSSR count). The standard InChI is InChI=1S/C34H54O3S2/c1-3-4-5-6-7-8-9-10-11-12-13-14-15-16-17-21-30-38(33-28-29-33,32-22-19-18-20-23-32)37-39(35,36)34-26-24-31(2)25-27-34/h18-20,22-27,33H,3-17,21,28-30H2,1-2H3. The van der Waals surface area contributed by atoms with E-state index in [1.807, 2.05) is 37.3 Å². The topological polar surface area (TPSA) is 43.4 Å². The molecule has 0 spiro atoms. The first kappa shape index (κ1) is 32.2. The Morgan fingerprint density at radius 3 is 1.54 bits per heavy atom. The summed E-state index contributed by atoms with van der Waals surface area (Å²) in [6.07, 6.45) is 23.6. The first-order chi connectivity index (χ1) is 19.0. The van der Waals surface area contributed by atoms with Crippen molar-refractivity contribution in [3.8, 4) is 0 Å². The zero-order valence-corrected chi connectivity index (χ0v) is 26.4. The average Bonchev–Trinajstić information content (AvgIpc) is 3.79. The van der Waals surface area contributed by atoms with E-state index in [4.69, 9.17) is 3.63 Å². The van der Waals surface area contributed by atoms with Crippen molar-refractivity contribution < 1.29 is 12.0 Å². The Labute approximate surface area is 242 Å². The van der Waals surface area contributed by atoms with Gasteiger partial charge in [0.2, 0.25) is 0 Å². The second-order valence-electron chi connectivity index (χ2n) is 11.6. The van der Waals surface area contributed by atoms with Crippen LogP contribution in [0.2, 0.25) is 0 Å². The van der Waals surface area contributed by atoms with E-state index in [9.17, 15) is 8.42 Å². The van der Waals surface area contributed by atoms with Gasteiger partial charge in [-0.15, -0.1) is 0 Å². The number of benzene rings is 2. The third kappa shape index (κ3) is 11.2. The molecule has 1 atom stereocenters. The van der Waals surface area contributed by atoms with Crippen LogP contribution in [-0.4, -0.2) is 19.4 Å². The van der Waals surface area contributed by atoms with Gasteiger partial charge >= 0.3 is 10.1 Å². The van der Waals surface area contributed by atoms with Gasteiger partial charge in [0, 0.05) is 15.9 Å².